The molecule has 0 radical (unpaired) electrons. The second-order valence-corrected chi connectivity index (χ2v) is 23.3. The molecule has 0 saturated carbocycles. The first-order valence-corrected chi connectivity index (χ1v) is 24.9. The van der Waals surface area contributed by atoms with Gasteiger partial charge in [-0.15, -0.1) is 0 Å². The van der Waals surface area contributed by atoms with Crippen LogP contribution < -0.4 is 4.74 Å². The molecule has 3 aromatic rings. The highest BCUT2D eigenvalue weighted by Gasteiger charge is 2.31. The van der Waals surface area contributed by atoms with Gasteiger partial charge in [0.2, 0.25) is 0 Å². The predicted octanol–water partition coefficient (Wildman–Crippen LogP) is 16.9. The van der Waals surface area contributed by atoms with E-state index in [4.69, 9.17) is 4.74 Å². The summed E-state index contributed by atoms with van der Waals surface area (Å²) in [6.07, 6.45) is 22.7. The van der Waals surface area contributed by atoms with Gasteiger partial charge in [0.1, 0.15) is 17.2 Å². The molecule has 3 aromatic carbocycles. The molecule has 1 unspecified atom stereocenters. The lowest BCUT2D eigenvalue weighted by Gasteiger charge is -2.29. The van der Waals surface area contributed by atoms with E-state index in [2.05, 4.69) is 140 Å². The number of esters is 1. The molecule has 0 aliphatic carbocycles. The molecule has 62 heavy (non-hydrogen) atoms. The van der Waals surface area contributed by atoms with Gasteiger partial charge in [-0.1, -0.05) is 240 Å². The highest BCUT2D eigenvalue weighted by atomic mass is 16.5. The first-order chi connectivity index (χ1) is 28.8. The van der Waals surface area contributed by atoms with Crippen molar-refractivity contribution in [1.82, 2.24) is 0 Å². The van der Waals surface area contributed by atoms with Crippen molar-refractivity contribution < 1.29 is 19.7 Å². The highest BCUT2D eigenvalue weighted by Crippen LogP contribution is 2.43. The molecule has 0 saturated heterocycles. The van der Waals surface area contributed by atoms with E-state index >= 15 is 0 Å². The molecule has 0 aliphatic heterocycles. The minimum Gasteiger partial charge on any atom is -0.507 e. The van der Waals surface area contributed by atoms with Crippen LogP contribution in [0, 0.1) is 19.8 Å². The van der Waals surface area contributed by atoms with E-state index < -0.39 is 0 Å². The summed E-state index contributed by atoms with van der Waals surface area (Å²) < 4.78 is 6.76. The topological polar surface area (TPSA) is 66.8 Å². The molecule has 0 aromatic heterocycles. The Morgan fingerprint density at radius 1 is 0.500 bits per heavy atom. The second kappa shape index (κ2) is 23.6. The minimum atomic E-state index is -0.353. The Balaban J connectivity index is 1.88. The molecule has 1 atom stereocenters. The molecule has 348 valence electrons. The first kappa shape index (κ1) is 53.1. The summed E-state index contributed by atoms with van der Waals surface area (Å²) in [6, 6.07) is 12.7. The fourth-order valence-electron chi connectivity index (χ4n) is 9.09. The van der Waals surface area contributed by atoms with Crippen molar-refractivity contribution in [2.75, 3.05) is 0 Å². The van der Waals surface area contributed by atoms with Crippen LogP contribution in [0.15, 0.2) is 36.4 Å². The number of rotatable bonds is 23. The zero-order valence-corrected chi connectivity index (χ0v) is 42.7. The van der Waals surface area contributed by atoms with E-state index in [0.29, 0.717) is 30.1 Å². The van der Waals surface area contributed by atoms with E-state index in [1.165, 1.54) is 89.9 Å². The molecule has 0 fully saturated rings. The SMILES string of the molecule is CCCCCCCCCCCCCCCCCCC(Cc1cc(C(C)(C)C)c(O)c(C(C)(C)C)c1)C(=O)Oc1c(Cc2cc(C)cc(C(C)(C)C)c2O)cc(C)cc1C(C)(C)C. The molecular weight excluding hydrogens is 761 g/mol. The molecule has 0 bridgehead atoms. The molecule has 4 nitrogen and oxygen atoms in total. The summed E-state index contributed by atoms with van der Waals surface area (Å²) in [6.45, 7) is 32.3. The maximum absolute atomic E-state index is 14.9. The summed E-state index contributed by atoms with van der Waals surface area (Å²) in [5, 5.41) is 23.2. The molecule has 0 aliphatic rings. The molecular formula is C58H92O4. The fraction of sp³-hybridized carbons (Fsp3) is 0.672. The van der Waals surface area contributed by atoms with Gasteiger partial charge < -0.3 is 14.9 Å². The third kappa shape index (κ3) is 16.7. The molecule has 0 heterocycles. The number of carbonyl (C=O) groups excluding carboxylic acids is 1. The fourth-order valence-corrected chi connectivity index (χ4v) is 9.09. The van der Waals surface area contributed by atoms with Crippen molar-refractivity contribution in [2.45, 2.75) is 248 Å². The number of benzene rings is 3. The minimum absolute atomic E-state index is 0.201. The summed E-state index contributed by atoms with van der Waals surface area (Å²) >= 11 is 0. The lowest BCUT2D eigenvalue weighted by molar-refractivity contribution is -0.139. The number of aromatic hydroxyl groups is 2. The van der Waals surface area contributed by atoms with Gasteiger partial charge >= 0.3 is 5.97 Å². The van der Waals surface area contributed by atoms with Gasteiger partial charge in [0.25, 0.3) is 0 Å². The third-order valence-corrected chi connectivity index (χ3v) is 12.9. The predicted molar refractivity (Wildman–Crippen MR) is 267 cm³/mol. The van der Waals surface area contributed by atoms with Crippen molar-refractivity contribution in [3.8, 4) is 17.2 Å². The average molecular weight is 853 g/mol. The van der Waals surface area contributed by atoms with Crippen molar-refractivity contribution in [1.29, 1.82) is 0 Å². The Bertz CT molecular complexity index is 1820. The van der Waals surface area contributed by atoms with Gasteiger partial charge in [-0.05, 0) is 81.7 Å². The second-order valence-electron chi connectivity index (χ2n) is 23.3. The zero-order chi connectivity index (χ0) is 46.5. The zero-order valence-electron chi connectivity index (χ0n) is 42.7. The average Bonchev–Trinajstić information content (AvgIpc) is 3.15. The van der Waals surface area contributed by atoms with Gasteiger partial charge in [0, 0.05) is 12.0 Å². The maximum Gasteiger partial charge on any atom is 0.314 e. The van der Waals surface area contributed by atoms with Crippen molar-refractivity contribution in [3.05, 3.63) is 86.5 Å². The van der Waals surface area contributed by atoms with Crippen LogP contribution in [-0.4, -0.2) is 16.2 Å². The van der Waals surface area contributed by atoms with E-state index in [9.17, 15) is 15.0 Å². The number of phenols is 2. The van der Waals surface area contributed by atoms with Crippen LogP contribution in [0.1, 0.15) is 249 Å². The Morgan fingerprint density at radius 2 is 0.871 bits per heavy atom. The Hall–Kier alpha value is -3.27. The van der Waals surface area contributed by atoms with Crippen molar-refractivity contribution >= 4 is 5.97 Å². The number of hydrogen-bond acceptors (Lipinski definition) is 4. The standard InChI is InChI=1S/C58H92O4/c1-16-17-18-19-20-21-22-23-24-25-26-27-28-29-30-31-32-44(37-43-38-48(56(7,8)9)52(60)49(39-43)57(10,11)12)54(61)62-53-46(34-42(3)36-50(53)58(13,14)15)40-45-33-41(2)35-47(51(45)59)55(4,5)6/h33-36,38-39,44,59-60H,16-32,37,40H2,1-15H3. The lowest BCUT2D eigenvalue weighted by atomic mass is 9.77. The van der Waals surface area contributed by atoms with Crippen LogP contribution >= 0.6 is 0 Å². The van der Waals surface area contributed by atoms with E-state index in [0.717, 1.165) is 69.3 Å². The van der Waals surface area contributed by atoms with Crippen molar-refractivity contribution in [2.24, 2.45) is 5.92 Å². The molecule has 3 rings (SSSR count). The molecule has 0 amide bonds. The van der Waals surface area contributed by atoms with Gasteiger partial charge in [-0.25, -0.2) is 0 Å². The van der Waals surface area contributed by atoms with Gasteiger partial charge in [-0.3, -0.25) is 4.79 Å². The normalized spacial score (nSPS) is 13.1. The summed E-state index contributed by atoms with van der Waals surface area (Å²) in [5.41, 5.74) is 7.73. The van der Waals surface area contributed by atoms with Crippen LogP contribution in [0.5, 0.6) is 17.2 Å². The van der Waals surface area contributed by atoms with Gasteiger partial charge in [-0.2, -0.15) is 0 Å². The number of aryl methyl sites for hydroxylation is 2. The smallest absolute Gasteiger partial charge is 0.314 e. The number of unbranched alkanes of at least 4 members (excludes halogenated alkanes) is 15. The van der Waals surface area contributed by atoms with Crippen LogP contribution in [0.2, 0.25) is 0 Å². The summed E-state index contributed by atoms with van der Waals surface area (Å²) in [7, 11) is 0. The van der Waals surface area contributed by atoms with Gasteiger partial charge in [0.15, 0.2) is 0 Å². The Labute approximate surface area is 381 Å². The van der Waals surface area contributed by atoms with Crippen LogP contribution in [0.4, 0.5) is 0 Å². The first-order valence-electron chi connectivity index (χ1n) is 24.9. The van der Waals surface area contributed by atoms with E-state index in [-0.39, 0.29) is 33.5 Å². The molecule has 0 spiro atoms. The lowest BCUT2D eigenvalue weighted by Crippen LogP contribution is -2.26. The van der Waals surface area contributed by atoms with Crippen LogP contribution in [0.3, 0.4) is 0 Å². The monoisotopic (exact) mass is 853 g/mol. The Morgan fingerprint density at radius 3 is 1.29 bits per heavy atom. The molecule has 2 N–H and O–H groups in total. The number of phenolic OH excluding ortho intramolecular Hbond substituents is 2. The van der Waals surface area contributed by atoms with E-state index in [1.54, 1.807) is 0 Å². The number of carbonyl (C=O) groups is 1. The summed E-state index contributed by atoms with van der Waals surface area (Å²) in [5.74, 6) is 0.748. The largest absolute Gasteiger partial charge is 0.507 e. The summed E-state index contributed by atoms with van der Waals surface area (Å²) in [4.78, 5) is 14.9. The molecule has 4 heteroatoms. The quantitative estimate of drug-likeness (QED) is 0.0567. The van der Waals surface area contributed by atoms with Crippen LogP contribution in [-0.2, 0) is 39.3 Å². The van der Waals surface area contributed by atoms with Crippen molar-refractivity contribution in [3.63, 3.8) is 0 Å². The third-order valence-electron chi connectivity index (χ3n) is 12.9. The van der Waals surface area contributed by atoms with Gasteiger partial charge in [0.05, 0.1) is 5.92 Å². The van der Waals surface area contributed by atoms with Crippen LogP contribution in [0.25, 0.3) is 0 Å². The Kier molecular flexibility index (Phi) is 20.2. The number of ether oxygens (including phenoxy) is 1. The maximum atomic E-state index is 14.9. The number of hydrogen-bond donors (Lipinski definition) is 2. The highest BCUT2D eigenvalue weighted by molar-refractivity contribution is 5.77. The van der Waals surface area contributed by atoms with E-state index in [1.807, 2.05) is 0 Å².